The number of amidine groups is 1. The molecule has 5 heteroatoms. The zero-order valence-corrected chi connectivity index (χ0v) is 15.1. The smallest absolute Gasteiger partial charge is 0.282 e. The Balaban J connectivity index is 1.83. The third kappa shape index (κ3) is 2.23. The monoisotopic (exact) mass is 378 g/mol. The summed E-state index contributed by atoms with van der Waals surface area (Å²) in [5, 5.41) is 0. The second kappa shape index (κ2) is 5.49. The molecule has 2 spiro atoms. The molecule has 124 valence electrons. The Morgan fingerprint density at radius 3 is 2.78 bits per heavy atom. The van der Waals surface area contributed by atoms with Gasteiger partial charge in [0.25, 0.3) is 6.02 Å². The molecule has 4 rings (SSSR count). The van der Waals surface area contributed by atoms with Crippen LogP contribution in [0.25, 0.3) is 0 Å². The van der Waals surface area contributed by atoms with Crippen molar-refractivity contribution >= 4 is 22.0 Å². The third-order valence-corrected chi connectivity index (χ3v) is 6.65. The number of hydrogen-bond donors (Lipinski definition) is 1. The highest BCUT2D eigenvalue weighted by molar-refractivity contribution is 9.10. The van der Waals surface area contributed by atoms with Crippen molar-refractivity contribution in [3.63, 3.8) is 0 Å². The van der Waals surface area contributed by atoms with E-state index in [1.165, 1.54) is 11.1 Å². The van der Waals surface area contributed by atoms with Crippen LogP contribution in [0.1, 0.15) is 43.2 Å². The maximum atomic E-state index is 6.02. The molecule has 1 fully saturated rings. The molecule has 0 amide bonds. The van der Waals surface area contributed by atoms with Crippen LogP contribution in [0.4, 0.5) is 0 Å². The van der Waals surface area contributed by atoms with Crippen LogP contribution >= 0.6 is 15.9 Å². The van der Waals surface area contributed by atoms with E-state index >= 15 is 0 Å². The fourth-order valence-electron chi connectivity index (χ4n) is 5.01. The van der Waals surface area contributed by atoms with Gasteiger partial charge in [-0.3, -0.25) is 0 Å². The lowest BCUT2D eigenvalue weighted by Gasteiger charge is -2.49. The number of nitrogens with zero attached hydrogens (tertiary/aromatic N) is 1. The van der Waals surface area contributed by atoms with Gasteiger partial charge in [-0.15, -0.1) is 0 Å². The van der Waals surface area contributed by atoms with E-state index in [0.717, 1.165) is 43.0 Å². The topological polar surface area (TPSA) is 56.8 Å². The SMILES string of the molecule is CO[C@H]1CC[C@]2(CC1)Cc1ccc(Br)cc1C21CCOC(N)=N1. The predicted octanol–water partition coefficient (Wildman–Crippen LogP) is 3.51. The van der Waals surface area contributed by atoms with E-state index in [1.54, 1.807) is 0 Å². The lowest BCUT2D eigenvalue weighted by molar-refractivity contribution is -0.0148. The highest BCUT2D eigenvalue weighted by Crippen LogP contribution is 2.62. The summed E-state index contributed by atoms with van der Waals surface area (Å²) in [5.74, 6) is 0. The van der Waals surface area contributed by atoms with Crippen LogP contribution in [0.15, 0.2) is 27.7 Å². The molecule has 0 saturated heterocycles. The summed E-state index contributed by atoms with van der Waals surface area (Å²) < 4.78 is 12.2. The van der Waals surface area contributed by atoms with E-state index in [0.29, 0.717) is 18.7 Å². The van der Waals surface area contributed by atoms with Crippen molar-refractivity contribution in [2.24, 2.45) is 16.1 Å². The third-order valence-electron chi connectivity index (χ3n) is 6.16. The second-order valence-electron chi connectivity index (χ2n) is 7.10. The number of hydrogen-bond acceptors (Lipinski definition) is 4. The van der Waals surface area contributed by atoms with Gasteiger partial charge in [0.05, 0.1) is 12.7 Å². The van der Waals surface area contributed by atoms with Gasteiger partial charge in [-0.05, 0) is 55.4 Å². The molecule has 1 heterocycles. The zero-order chi connectivity index (χ0) is 16.1. The second-order valence-corrected chi connectivity index (χ2v) is 8.02. The molecule has 1 aromatic carbocycles. The number of ether oxygens (including phenoxy) is 2. The summed E-state index contributed by atoms with van der Waals surface area (Å²) in [6, 6.07) is 6.98. The van der Waals surface area contributed by atoms with Crippen LogP contribution in [0.5, 0.6) is 0 Å². The quantitative estimate of drug-likeness (QED) is 0.813. The number of methoxy groups -OCH3 is 1. The molecule has 2 N–H and O–H groups in total. The van der Waals surface area contributed by atoms with Gasteiger partial charge in [0.15, 0.2) is 0 Å². The van der Waals surface area contributed by atoms with Crippen LogP contribution in [0.3, 0.4) is 0 Å². The van der Waals surface area contributed by atoms with Crippen molar-refractivity contribution in [3.8, 4) is 0 Å². The molecule has 23 heavy (non-hydrogen) atoms. The zero-order valence-electron chi connectivity index (χ0n) is 13.5. The Morgan fingerprint density at radius 1 is 1.30 bits per heavy atom. The Morgan fingerprint density at radius 2 is 2.09 bits per heavy atom. The van der Waals surface area contributed by atoms with Crippen LogP contribution < -0.4 is 5.73 Å². The predicted molar refractivity (Wildman–Crippen MR) is 93.4 cm³/mol. The highest BCUT2D eigenvalue weighted by atomic mass is 79.9. The minimum atomic E-state index is -0.229. The van der Waals surface area contributed by atoms with Crippen molar-refractivity contribution in [1.82, 2.24) is 0 Å². The summed E-state index contributed by atoms with van der Waals surface area (Å²) in [5.41, 5.74) is 8.70. The molecule has 4 nitrogen and oxygen atoms in total. The standard InChI is InChI=1S/C18H23BrN2O2/c1-22-14-4-6-17(7-5-14)11-12-2-3-13(19)10-15(12)18(17)8-9-23-16(20)21-18/h2-3,10,14H,4-9,11H2,1H3,(H2,20,21)/t14-,17-,18?. The number of aliphatic imine (C=N–C) groups is 1. The summed E-state index contributed by atoms with van der Waals surface area (Å²) in [6.45, 7) is 0.650. The van der Waals surface area contributed by atoms with Gasteiger partial charge < -0.3 is 15.2 Å². The molecule has 1 aliphatic heterocycles. The molecule has 1 aromatic rings. The average Bonchev–Trinajstić information content (AvgIpc) is 2.78. The largest absolute Gasteiger partial charge is 0.465 e. The van der Waals surface area contributed by atoms with Crippen molar-refractivity contribution in [3.05, 3.63) is 33.8 Å². The van der Waals surface area contributed by atoms with Crippen LogP contribution in [-0.4, -0.2) is 25.8 Å². The van der Waals surface area contributed by atoms with Crippen molar-refractivity contribution in [2.75, 3.05) is 13.7 Å². The van der Waals surface area contributed by atoms with Gasteiger partial charge in [-0.25, -0.2) is 4.99 Å². The molecule has 1 unspecified atom stereocenters. The van der Waals surface area contributed by atoms with Gasteiger partial charge in [0.1, 0.15) is 5.54 Å². The van der Waals surface area contributed by atoms with E-state index in [1.807, 2.05) is 7.11 Å². The van der Waals surface area contributed by atoms with Gasteiger partial charge >= 0.3 is 0 Å². The van der Waals surface area contributed by atoms with Crippen molar-refractivity contribution in [1.29, 1.82) is 0 Å². The van der Waals surface area contributed by atoms with Crippen LogP contribution in [0.2, 0.25) is 0 Å². The van der Waals surface area contributed by atoms with Gasteiger partial charge in [0, 0.05) is 23.4 Å². The molecule has 0 radical (unpaired) electrons. The molecule has 1 saturated carbocycles. The summed E-state index contributed by atoms with van der Waals surface area (Å²) >= 11 is 3.63. The lowest BCUT2D eigenvalue weighted by atomic mass is 9.60. The highest BCUT2D eigenvalue weighted by Gasteiger charge is 2.59. The number of halogens is 1. The molecule has 2 aliphatic carbocycles. The fraction of sp³-hybridized carbons (Fsp3) is 0.611. The number of rotatable bonds is 1. The number of benzene rings is 1. The normalized spacial score (nSPS) is 35.9. The van der Waals surface area contributed by atoms with Gasteiger partial charge in [0.2, 0.25) is 0 Å². The maximum Gasteiger partial charge on any atom is 0.282 e. The van der Waals surface area contributed by atoms with Crippen molar-refractivity contribution < 1.29 is 9.47 Å². The average molecular weight is 379 g/mol. The molecule has 1 atom stereocenters. The number of fused-ring (bicyclic) bond motifs is 3. The van der Waals surface area contributed by atoms with Gasteiger partial charge in [-0.2, -0.15) is 0 Å². The van der Waals surface area contributed by atoms with Gasteiger partial charge in [-0.1, -0.05) is 22.0 Å². The summed E-state index contributed by atoms with van der Waals surface area (Å²) in [6.07, 6.45) is 6.85. The first-order valence-corrected chi connectivity index (χ1v) is 9.18. The Labute approximate surface area is 145 Å². The molecule has 3 aliphatic rings. The van der Waals surface area contributed by atoms with E-state index in [9.17, 15) is 0 Å². The first kappa shape index (κ1) is 15.5. The van der Waals surface area contributed by atoms with E-state index < -0.39 is 0 Å². The molecule has 0 bridgehead atoms. The first-order chi connectivity index (χ1) is 11.1. The van der Waals surface area contributed by atoms with Crippen LogP contribution in [0, 0.1) is 5.41 Å². The minimum Gasteiger partial charge on any atom is -0.465 e. The minimum absolute atomic E-state index is 0.152. The van der Waals surface area contributed by atoms with E-state index in [-0.39, 0.29) is 11.0 Å². The molecular weight excluding hydrogens is 356 g/mol. The molecular formula is C18H23BrN2O2. The summed E-state index contributed by atoms with van der Waals surface area (Å²) in [4.78, 5) is 4.93. The van der Waals surface area contributed by atoms with E-state index in [4.69, 9.17) is 20.2 Å². The van der Waals surface area contributed by atoms with Crippen LogP contribution in [-0.2, 0) is 21.4 Å². The fourth-order valence-corrected chi connectivity index (χ4v) is 5.37. The molecule has 0 aromatic heterocycles. The Kier molecular flexibility index (Phi) is 3.69. The maximum absolute atomic E-state index is 6.02. The number of nitrogens with two attached hydrogens (primary N) is 1. The van der Waals surface area contributed by atoms with E-state index in [2.05, 4.69) is 34.1 Å². The Hall–Kier alpha value is -1.07. The Bertz CT molecular complexity index is 652. The van der Waals surface area contributed by atoms with Crippen molar-refractivity contribution in [2.45, 2.75) is 50.2 Å². The first-order valence-electron chi connectivity index (χ1n) is 8.38. The lowest BCUT2D eigenvalue weighted by Crippen LogP contribution is -2.49. The summed E-state index contributed by atoms with van der Waals surface area (Å²) in [7, 11) is 1.82.